The molecule has 4 heteroatoms. The average molecular weight is 288 g/mol. The Bertz CT molecular complexity index is 408. The van der Waals surface area contributed by atoms with Crippen LogP contribution in [0.3, 0.4) is 0 Å². The van der Waals surface area contributed by atoms with E-state index in [9.17, 15) is 0 Å². The second-order valence-corrected chi connectivity index (χ2v) is 5.69. The fraction of sp³-hybridized carbons (Fsp3) is 0.588. The molecular formula is C17H28N4. The third-order valence-electron chi connectivity index (χ3n) is 3.96. The second-order valence-electron chi connectivity index (χ2n) is 5.69. The molecule has 0 unspecified atom stereocenters. The summed E-state index contributed by atoms with van der Waals surface area (Å²) in [6.45, 7) is 5.10. The number of nitrogens with two attached hydrogens (primary N) is 1. The first-order valence-electron chi connectivity index (χ1n) is 8.14. The van der Waals surface area contributed by atoms with Crippen LogP contribution in [0.2, 0.25) is 0 Å². The van der Waals surface area contributed by atoms with Gasteiger partial charge in [0.1, 0.15) is 0 Å². The molecule has 1 heterocycles. The Kier molecular flexibility index (Phi) is 7.08. The molecule has 0 aromatic heterocycles. The molecule has 0 radical (unpaired) electrons. The quantitative estimate of drug-likeness (QED) is 0.622. The number of nitrogens with zero attached hydrogens (tertiary/aromatic N) is 2. The summed E-state index contributed by atoms with van der Waals surface area (Å²) < 4.78 is 0. The van der Waals surface area contributed by atoms with Gasteiger partial charge in [0.2, 0.25) is 0 Å². The first kappa shape index (κ1) is 15.8. The number of nitrogens with one attached hydrogen (secondary N) is 1. The van der Waals surface area contributed by atoms with Crippen LogP contribution in [0.1, 0.15) is 31.2 Å². The Balaban J connectivity index is 1.60. The van der Waals surface area contributed by atoms with Crippen LogP contribution >= 0.6 is 0 Å². The molecule has 1 aliphatic heterocycles. The molecule has 1 aliphatic rings. The van der Waals surface area contributed by atoms with E-state index < -0.39 is 0 Å². The lowest BCUT2D eigenvalue weighted by molar-refractivity contribution is 0.293. The molecule has 4 nitrogen and oxygen atoms in total. The largest absolute Gasteiger partial charge is 0.370 e. The Hall–Kier alpha value is -1.55. The van der Waals surface area contributed by atoms with E-state index in [2.05, 4.69) is 39.5 Å². The van der Waals surface area contributed by atoms with Crippen molar-refractivity contribution < 1.29 is 0 Å². The van der Waals surface area contributed by atoms with Gasteiger partial charge in [-0.15, -0.1) is 0 Å². The van der Waals surface area contributed by atoms with Gasteiger partial charge in [0.25, 0.3) is 0 Å². The fourth-order valence-electron chi connectivity index (χ4n) is 2.71. The number of aliphatic imine (C=N–C) groups is 1. The number of likely N-dealkylation sites (tertiary alicyclic amines) is 1. The minimum Gasteiger partial charge on any atom is -0.370 e. The van der Waals surface area contributed by atoms with Gasteiger partial charge in [-0.2, -0.15) is 0 Å². The molecule has 1 fully saturated rings. The smallest absolute Gasteiger partial charge is 0.188 e. The van der Waals surface area contributed by atoms with E-state index in [0.717, 1.165) is 26.1 Å². The zero-order valence-corrected chi connectivity index (χ0v) is 12.9. The number of rotatable bonds is 6. The summed E-state index contributed by atoms with van der Waals surface area (Å²) in [5, 5.41) is 3.19. The lowest BCUT2D eigenvalue weighted by Gasteiger charge is -2.18. The number of guanidine groups is 1. The lowest BCUT2D eigenvalue weighted by atomic mass is 10.1. The highest BCUT2D eigenvalue weighted by Crippen LogP contribution is 2.08. The van der Waals surface area contributed by atoms with Crippen molar-refractivity contribution in [2.24, 2.45) is 10.7 Å². The highest BCUT2D eigenvalue weighted by atomic mass is 15.1. The minimum atomic E-state index is 0.570. The maximum absolute atomic E-state index is 5.90. The van der Waals surface area contributed by atoms with Gasteiger partial charge in [-0.25, -0.2) is 0 Å². The number of benzene rings is 1. The maximum atomic E-state index is 5.90. The predicted octanol–water partition coefficient (Wildman–Crippen LogP) is 2.01. The molecule has 0 bridgehead atoms. The highest BCUT2D eigenvalue weighted by molar-refractivity contribution is 5.77. The molecule has 0 aliphatic carbocycles. The van der Waals surface area contributed by atoms with E-state index in [1.165, 1.54) is 44.3 Å². The van der Waals surface area contributed by atoms with E-state index in [1.54, 1.807) is 0 Å². The van der Waals surface area contributed by atoms with Gasteiger partial charge in [0.15, 0.2) is 5.96 Å². The van der Waals surface area contributed by atoms with E-state index in [-0.39, 0.29) is 0 Å². The van der Waals surface area contributed by atoms with Crippen LogP contribution in [0.4, 0.5) is 0 Å². The minimum absolute atomic E-state index is 0.570. The molecule has 1 saturated heterocycles. The molecule has 3 N–H and O–H groups in total. The molecule has 0 amide bonds. The van der Waals surface area contributed by atoms with Gasteiger partial charge in [-0.3, -0.25) is 4.99 Å². The van der Waals surface area contributed by atoms with Crippen LogP contribution in [-0.4, -0.2) is 43.6 Å². The van der Waals surface area contributed by atoms with Crippen molar-refractivity contribution >= 4 is 5.96 Å². The van der Waals surface area contributed by atoms with E-state index >= 15 is 0 Å². The van der Waals surface area contributed by atoms with E-state index in [0.29, 0.717) is 5.96 Å². The summed E-state index contributed by atoms with van der Waals surface area (Å²) in [7, 11) is 0. The molecule has 116 valence electrons. The second kappa shape index (κ2) is 9.40. The average Bonchev–Trinajstić information content (AvgIpc) is 2.77. The number of hydrogen-bond acceptors (Lipinski definition) is 2. The standard InChI is InChI=1S/C17H28N4/c18-17(19-11-10-16-8-4-3-5-9-16)20-12-15-21-13-6-1-2-7-14-21/h3-5,8-9H,1-2,6-7,10-15H2,(H3,18,19,20). The predicted molar refractivity (Wildman–Crippen MR) is 89.5 cm³/mol. The first-order chi connectivity index (χ1) is 10.3. The monoisotopic (exact) mass is 288 g/mol. The fourth-order valence-corrected chi connectivity index (χ4v) is 2.71. The molecule has 0 atom stereocenters. The summed E-state index contributed by atoms with van der Waals surface area (Å²) in [4.78, 5) is 6.93. The third-order valence-corrected chi connectivity index (χ3v) is 3.96. The summed E-state index contributed by atoms with van der Waals surface area (Å²) >= 11 is 0. The van der Waals surface area contributed by atoms with E-state index in [4.69, 9.17) is 5.73 Å². The van der Waals surface area contributed by atoms with Crippen molar-refractivity contribution in [1.82, 2.24) is 10.2 Å². The van der Waals surface area contributed by atoms with Crippen LogP contribution in [0, 0.1) is 0 Å². The Morgan fingerprint density at radius 3 is 2.52 bits per heavy atom. The molecule has 2 rings (SSSR count). The summed E-state index contributed by atoms with van der Waals surface area (Å²) in [6, 6.07) is 10.4. The van der Waals surface area contributed by atoms with Gasteiger partial charge in [0.05, 0.1) is 6.54 Å². The Morgan fingerprint density at radius 1 is 1.10 bits per heavy atom. The van der Waals surface area contributed by atoms with Crippen LogP contribution < -0.4 is 11.1 Å². The van der Waals surface area contributed by atoms with Crippen molar-refractivity contribution in [2.75, 3.05) is 32.7 Å². The zero-order chi connectivity index (χ0) is 14.8. The van der Waals surface area contributed by atoms with Crippen molar-refractivity contribution in [3.63, 3.8) is 0 Å². The van der Waals surface area contributed by atoms with Crippen LogP contribution in [0.15, 0.2) is 35.3 Å². The van der Waals surface area contributed by atoms with Crippen molar-refractivity contribution in [3.8, 4) is 0 Å². The Labute approximate surface area is 128 Å². The summed E-state index contributed by atoms with van der Waals surface area (Å²) in [5.74, 6) is 0.570. The molecule has 21 heavy (non-hydrogen) atoms. The third kappa shape index (κ3) is 6.63. The van der Waals surface area contributed by atoms with Gasteiger partial charge >= 0.3 is 0 Å². The highest BCUT2D eigenvalue weighted by Gasteiger charge is 2.07. The van der Waals surface area contributed by atoms with Crippen LogP contribution in [0.5, 0.6) is 0 Å². The topological polar surface area (TPSA) is 53.6 Å². The Morgan fingerprint density at radius 2 is 1.81 bits per heavy atom. The van der Waals surface area contributed by atoms with Gasteiger partial charge in [-0.05, 0) is 37.9 Å². The van der Waals surface area contributed by atoms with Gasteiger partial charge in [-0.1, -0.05) is 43.2 Å². The van der Waals surface area contributed by atoms with E-state index in [1.807, 2.05) is 6.07 Å². The first-order valence-corrected chi connectivity index (χ1v) is 8.14. The van der Waals surface area contributed by atoms with Crippen LogP contribution in [0.25, 0.3) is 0 Å². The summed E-state index contributed by atoms with van der Waals surface area (Å²) in [5.41, 5.74) is 7.23. The lowest BCUT2D eigenvalue weighted by Crippen LogP contribution is -2.34. The molecule has 0 spiro atoms. The van der Waals surface area contributed by atoms with Gasteiger partial charge in [0, 0.05) is 13.1 Å². The molecule has 0 saturated carbocycles. The molecular weight excluding hydrogens is 260 g/mol. The molecule has 1 aromatic rings. The van der Waals surface area contributed by atoms with Crippen molar-refractivity contribution in [3.05, 3.63) is 35.9 Å². The van der Waals surface area contributed by atoms with Crippen molar-refractivity contribution in [2.45, 2.75) is 32.1 Å². The van der Waals surface area contributed by atoms with Crippen LogP contribution in [-0.2, 0) is 6.42 Å². The normalized spacial score (nSPS) is 17.4. The maximum Gasteiger partial charge on any atom is 0.188 e. The molecule has 1 aromatic carbocycles. The van der Waals surface area contributed by atoms with Gasteiger partial charge < -0.3 is 16.0 Å². The zero-order valence-electron chi connectivity index (χ0n) is 12.9. The SMILES string of the molecule is NC(=NCCN1CCCCCC1)NCCc1ccccc1. The number of hydrogen-bond donors (Lipinski definition) is 2. The summed E-state index contributed by atoms with van der Waals surface area (Å²) in [6.07, 6.45) is 6.39. The van der Waals surface area contributed by atoms with Crippen molar-refractivity contribution in [1.29, 1.82) is 0 Å².